The van der Waals surface area contributed by atoms with E-state index in [0.29, 0.717) is 10.5 Å². The molecule has 0 heterocycles. The van der Waals surface area contributed by atoms with E-state index in [2.05, 4.69) is 41.7 Å². The molecular formula is C13H19BrN2O2. The lowest BCUT2D eigenvalue weighted by Gasteiger charge is -2.26. The Morgan fingerprint density at radius 1 is 1.39 bits per heavy atom. The molecule has 0 fully saturated rings. The van der Waals surface area contributed by atoms with Crippen LogP contribution < -0.4 is 0 Å². The molecule has 0 aliphatic carbocycles. The SMILES string of the molecule is CCC(CC)N(C)Cc1ccc(Br)c([N+](=O)[O-])c1. The van der Waals surface area contributed by atoms with Gasteiger partial charge in [0.25, 0.3) is 5.69 Å². The second kappa shape index (κ2) is 6.85. The van der Waals surface area contributed by atoms with Gasteiger partial charge in [0.15, 0.2) is 0 Å². The molecule has 0 unspecified atom stereocenters. The van der Waals surface area contributed by atoms with E-state index in [-0.39, 0.29) is 10.6 Å². The van der Waals surface area contributed by atoms with E-state index in [1.165, 1.54) is 0 Å². The molecule has 0 atom stereocenters. The van der Waals surface area contributed by atoms with Crippen molar-refractivity contribution in [3.63, 3.8) is 0 Å². The second-order valence-corrected chi connectivity index (χ2v) is 5.28. The summed E-state index contributed by atoms with van der Waals surface area (Å²) in [6.45, 7) is 5.06. The summed E-state index contributed by atoms with van der Waals surface area (Å²) in [6, 6.07) is 5.83. The van der Waals surface area contributed by atoms with Crippen molar-refractivity contribution in [1.29, 1.82) is 0 Å². The predicted molar refractivity (Wildman–Crippen MR) is 76.6 cm³/mol. The first kappa shape index (κ1) is 15.1. The fourth-order valence-corrected chi connectivity index (χ4v) is 2.52. The van der Waals surface area contributed by atoms with Crippen LogP contribution in [-0.4, -0.2) is 22.9 Å². The first-order chi connectivity index (χ1) is 8.49. The molecule has 4 nitrogen and oxygen atoms in total. The predicted octanol–water partition coefficient (Wildman–Crippen LogP) is 3.98. The maximum absolute atomic E-state index is 10.9. The zero-order chi connectivity index (χ0) is 13.7. The van der Waals surface area contributed by atoms with Crippen molar-refractivity contribution in [3.8, 4) is 0 Å². The van der Waals surface area contributed by atoms with E-state index in [9.17, 15) is 10.1 Å². The topological polar surface area (TPSA) is 46.4 Å². The molecule has 0 amide bonds. The lowest BCUT2D eigenvalue weighted by atomic mass is 10.1. The molecule has 1 aromatic rings. The number of benzene rings is 1. The fourth-order valence-electron chi connectivity index (χ4n) is 2.13. The molecule has 5 heteroatoms. The summed E-state index contributed by atoms with van der Waals surface area (Å²) in [4.78, 5) is 12.8. The lowest BCUT2D eigenvalue weighted by molar-refractivity contribution is -0.385. The number of hydrogen-bond acceptors (Lipinski definition) is 3. The molecular weight excluding hydrogens is 296 g/mol. The highest BCUT2D eigenvalue weighted by molar-refractivity contribution is 9.10. The molecule has 100 valence electrons. The van der Waals surface area contributed by atoms with Gasteiger partial charge in [-0.25, -0.2) is 0 Å². The van der Waals surface area contributed by atoms with Crippen LogP contribution in [0.4, 0.5) is 5.69 Å². The zero-order valence-electron chi connectivity index (χ0n) is 11.0. The molecule has 0 aliphatic heterocycles. The van der Waals surface area contributed by atoms with Gasteiger partial charge in [-0.3, -0.25) is 15.0 Å². The van der Waals surface area contributed by atoms with Gasteiger partial charge in [-0.2, -0.15) is 0 Å². The van der Waals surface area contributed by atoms with Gasteiger partial charge in [0.05, 0.1) is 9.40 Å². The third-order valence-electron chi connectivity index (χ3n) is 3.21. The fraction of sp³-hybridized carbons (Fsp3) is 0.538. The number of nitro groups is 1. The molecule has 0 aromatic heterocycles. The van der Waals surface area contributed by atoms with Gasteiger partial charge in [-0.15, -0.1) is 0 Å². The van der Waals surface area contributed by atoms with Crippen LogP contribution in [0.3, 0.4) is 0 Å². The monoisotopic (exact) mass is 314 g/mol. The lowest BCUT2D eigenvalue weighted by Crippen LogP contribution is -2.29. The molecule has 0 spiro atoms. The van der Waals surface area contributed by atoms with Gasteiger partial charge in [-0.1, -0.05) is 19.9 Å². The third kappa shape index (κ3) is 3.78. The van der Waals surface area contributed by atoms with Crippen LogP contribution in [0.5, 0.6) is 0 Å². The van der Waals surface area contributed by atoms with Gasteiger partial charge in [-0.05, 0) is 47.4 Å². The summed E-state index contributed by atoms with van der Waals surface area (Å²) >= 11 is 3.20. The summed E-state index contributed by atoms with van der Waals surface area (Å²) in [5, 5.41) is 10.9. The van der Waals surface area contributed by atoms with Gasteiger partial charge >= 0.3 is 0 Å². The summed E-state index contributed by atoms with van der Waals surface area (Å²) < 4.78 is 0.529. The molecule has 0 N–H and O–H groups in total. The van der Waals surface area contributed by atoms with Gasteiger partial charge in [0, 0.05) is 18.7 Å². The highest BCUT2D eigenvalue weighted by Gasteiger charge is 2.15. The minimum absolute atomic E-state index is 0.130. The Morgan fingerprint density at radius 2 is 2.00 bits per heavy atom. The Hall–Kier alpha value is -0.940. The molecule has 18 heavy (non-hydrogen) atoms. The Balaban J connectivity index is 2.85. The van der Waals surface area contributed by atoms with E-state index >= 15 is 0 Å². The molecule has 0 saturated carbocycles. The van der Waals surface area contributed by atoms with Crippen LogP contribution in [0.1, 0.15) is 32.3 Å². The molecule has 1 rings (SSSR count). The number of halogens is 1. The molecule has 0 radical (unpaired) electrons. The minimum atomic E-state index is -0.356. The highest BCUT2D eigenvalue weighted by atomic mass is 79.9. The first-order valence-corrected chi connectivity index (χ1v) is 6.91. The highest BCUT2D eigenvalue weighted by Crippen LogP contribution is 2.26. The Kier molecular flexibility index (Phi) is 5.75. The van der Waals surface area contributed by atoms with Gasteiger partial charge < -0.3 is 0 Å². The summed E-state index contributed by atoms with van der Waals surface area (Å²) in [5.74, 6) is 0. The van der Waals surface area contributed by atoms with Crippen LogP contribution in [0.15, 0.2) is 22.7 Å². The van der Waals surface area contributed by atoms with Crippen molar-refractivity contribution in [3.05, 3.63) is 38.3 Å². The van der Waals surface area contributed by atoms with Crippen LogP contribution in [0.25, 0.3) is 0 Å². The Labute approximate surface area is 116 Å². The number of nitrogens with zero attached hydrogens (tertiary/aromatic N) is 2. The maximum atomic E-state index is 10.9. The largest absolute Gasteiger partial charge is 0.299 e. The van der Waals surface area contributed by atoms with Crippen LogP contribution in [-0.2, 0) is 6.54 Å². The van der Waals surface area contributed by atoms with E-state index in [4.69, 9.17) is 0 Å². The van der Waals surface area contributed by atoms with Crippen LogP contribution >= 0.6 is 15.9 Å². The molecule has 0 bridgehead atoms. The average Bonchev–Trinajstić information content (AvgIpc) is 2.32. The van der Waals surface area contributed by atoms with Gasteiger partial charge in [0.1, 0.15) is 0 Å². The van der Waals surface area contributed by atoms with Crippen molar-refractivity contribution in [1.82, 2.24) is 4.90 Å². The van der Waals surface area contributed by atoms with Crippen molar-refractivity contribution in [2.45, 2.75) is 39.3 Å². The van der Waals surface area contributed by atoms with Gasteiger partial charge in [0.2, 0.25) is 0 Å². The number of nitro benzene ring substituents is 1. The quantitative estimate of drug-likeness (QED) is 0.589. The number of rotatable bonds is 6. The van der Waals surface area contributed by atoms with Crippen LogP contribution in [0.2, 0.25) is 0 Å². The number of hydrogen-bond donors (Lipinski definition) is 0. The van der Waals surface area contributed by atoms with E-state index < -0.39 is 0 Å². The maximum Gasteiger partial charge on any atom is 0.283 e. The van der Waals surface area contributed by atoms with Crippen molar-refractivity contribution in [2.24, 2.45) is 0 Å². The summed E-state index contributed by atoms with van der Waals surface area (Å²) in [7, 11) is 2.06. The summed E-state index contributed by atoms with van der Waals surface area (Å²) in [5.41, 5.74) is 1.10. The van der Waals surface area contributed by atoms with E-state index in [0.717, 1.165) is 24.9 Å². The summed E-state index contributed by atoms with van der Waals surface area (Å²) in [6.07, 6.45) is 2.18. The van der Waals surface area contributed by atoms with Crippen molar-refractivity contribution < 1.29 is 4.92 Å². The molecule has 0 aliphatic rings. The standard InChI is InChI=1S/C13H19BrN2O2/c1-4-11(5-2)15(3)9-10-6-7-12(14)13(8-10)16(17)18/h6-8,11H,4-5,9H2,1-3H3. The van der Waals surface area contributed by atoms with Crippen molar-refractivity contribution >= 4 is 21.6 Å². The smallest absolute Gasteiger partial charge is 0.283 e. The third-order valence-corrected chi connectivity index (χ3v) is 3.88. The molecule has 0 saturated heterocycles. The van der Waals surface area contributed by atoms with E-state index in [1.54, 1.807) is 12.1 Å². The zero-order valence-corrected chi connectivity index (χ0v) is 12.6. The minimum Gasteiger partial charge on any atom is -0.299 e. The second-order valence-electron chi connectivity index (χ2n) is 4.43. The van der Waals surface area contributed by atoms with Crippen LogP contribution in [0, 0.1) is 10.1 Å². The van der Waals surface area contributed by atoms with E-state index in [1.807, 2.05) is 6.07 Å². The Bertz CT molecular complexity index is 419. The Morgan fingerprint density at radius 3 is 2.50 bits per heavy atom. The molecule has 1 aromatic carbocycles. The average molecular weight is 315 g/mol. The first-order valence-electron chi connectivity index (χ1n) is 6.12. The van der Waals surface area contributed by atoms with Crippen molar-refractivity contribution in [2.75, 3.05) is 7.05 Å². The normalized spacial score (nSPS) is 11.2.